The summed E-state index contributed by atoms with van der Waals surface area (Å²) < 4.78 is 15.9. The van der Waals surface area contributed by atoms with E-state index in [2.05, 4.69) is 23.2 Å². The van der Waals surface area contributed by atoms with Crippen LogP contribution in [0.3, 0.4) is 0 Å². The molecule has 1 aliphatic carbocycles. The number of phenolic OH excluding ortho intramolecular Hbond substituents is 1. The summed E-state index contributed by atoms with van der Waals surface area (Å²) in [6.45, 7) is 0. The number of aromatic hydroxyl groups is 1. The molecule has 0 fully saturated rings. The number of aldehydes is 1. The molecule has 218 valence electrons. The lowest BCUT2D eigenvalue weighted by Gasteiger charge is -2.12. The zero-order chi connectivity index (χ0) is 30.8. The van der Waals surface area contributed by atoms with E-state index in [1.54, 1.807) is 12.3 Å². The van der Waals surface area contributed by atoms with E-state index in [4.69, 9.17) is 26.5 Å². The third-order valence-electron chi connectivity index (χ3n) is 7.48. The van der Waals surface area contributed by atoms with E-state index in [0.29, 0.717) is 29.3 Å². The van der Waals surface area contributed by atoms with Crippen LogP contribution in [0.15, 0.2) is 91.1 Å². The number of carbonyl (C=O) groups excluding carboxylic acids is 2. The molecule has 9 nitrogen and oxygen atoms in total. The highest BCUT2D eigenvalue weighted by molar-refractivity contribution is 5.95. The monoisotopic (exact) mass is 586 g/mol. The fraction of sp³-hybridized carbons (Fsp3) is 0.0882. The summed E-state index contributed by atoms with van der Waals surface area (Å²) in [4.78, 5) is 34.9. The molecule has 0 bridgehead atoms. The van der Waals surface area contributed by atoms with Gasteiger partial charge in [0, 0.05) is 23.0 Å². The molecule has 1 amide bonds. The van der Waals surface area contributed by atoms with Gasteiger partial charge in [0.2, 0.25) is 5.91 Å². The van der Waals surface area contributed by atoms with E-state index in [1.807, 2.05) is 34.9 Å². The summed E-state index contributed by atoms with van der Waals surface area (Å²) in [6.07, 6.45) is 5.49. The van der Waals surface area contributed by atoms with Gasteiger partial charge in [-0.2, -0.15) is 0 Å². The van der Waals surface area contributed by atoms with Crippen LogP contribution < -0.4 is 11.5 Å². The van der Waals surface area contributed by atoms with Crippen molar-refractivity contribution in [2.75, 3.05) is 5.73 Å². The van der Waals surface area contributed by atoms with E-state index in [1.165, 1.54) is 47.9 Å². The van der Waals surface area contributed by atoms with Crippen molar-refractivity contribution >= 4 is 29.2 Å². The first kappa shape index (κ1) is 28.2. The number of rotatable bonds is 5. The molecule has 44 heavy (non-hydrogen) atoms. The number of carbonyl (C=O) groups is 2. The summed E-state index contributed by atoms with van der Waals surface area (Å²) in [5.74, 6) is 0.0245. The third kappa shape index (κ3) is 5.48. The molecule has 0 unspecified atom stereocenters. The molecular formula is C34H27FN6O3. The SMILES string of the molecule is NC(=O)c1ccc(O)c(C=O)c1.Nc1ncccc1-c1nc2ccc(-c3cccc(F)c3)nc2n1-c1ccc2c(c1)CCC2. The van der Waals surface area contributed by atoms with Crippen LogP contribution in [-0.4, -0.2) is 36.8 Å². The van der Waals surface area contributed by atoms with Gasteiger partial charge >= 0.3 is 0 Å². The lowest BCUT2D eigenvalue weighted by atomic mass is 10.1. The molecular weight excluding hydrogens is 559 g/mol. The normalized spacial score (nSPS) is 11.9. The Morgan fingerprint density at radius 1 is 0.932 bits per heavy atom. The minimum atomic E-state index is -0.627. The first-order chi connectivity index (χ1) is 21.3. The average Bonchev–Trinajstić information content (AvgIpc) is 3.65. The van der Waals surface area contributed by atoms with Crippen molar-refractivity contribution in [1.29, 1.82) is 0 Å². The fourth-order valence-electron chi connectivity index (χ4n) is 5.30. The lowest BCUT2D eigenvalue weighted by molar-refractivity contribution is 0.1000. The number of primary amides is 1. The Balaban J connectivity index is 0.000000242. The Morgan fingerprint density at radius 2 is 1.77 bits per heavy atom. The molecule has 1 aliphatic rings. The second-order valence-electron chi connectivity index (χ2n) is 10.3. The minimum absolute atomic E-state index is 0.0614. The average molecular weight is 587 g/mol. The number of nitrogens with zero attached hydrogens (tertiary/aromatic N) is 4. The number of nitrogen functional groups attached to an aromatic ring is 1. The highest BCUT2D eigenvalue weighted by Gasteiger charge is 2.20. The summed E-state index contributed by atoms with van der Waals surface area (Å²) in [7, 11) is 0. The number of hydrogen-bond donors (Lipinski definition) is 3. The Kier molecular flexibility index (Phi) is 7.55. The molecule has 6 aromatic rings. The zero-order valence-corrected chi connectivity index (χ0v) is 23.4. The van der Waals surface area contributed by atoms with Gasteiger partial charge in [0.15, 0.2) is 17.8 Å². The lowest BCUT2D eigenvalue weighted by Crippen LogP contribution is -2.10. The van der Waals surface area contributed by atoms with Crippen LogP contribution in [0.5, 0.6) is 5.75 Å². The molecule has 7 rings (SSSR count). The van der Waals surface area contributed by atoms with Crippen LogP contribution in [-0.2, 0) is 12.8 Å². The summed E-state index contributed by atoms with van der Waals surface area (Å²) in [5.41, 5.74) is 18.8. The van der Waals surface area contributed by atoms with Gasteiger partial charge in [-0.25, -0.2) is 19.3 Å². The number of halogens is 1. The zero-order valence-electron chi connectivity index (χ0n) is 23.4. The Morgan fingerprint density at radius 3 is 2.55 bits per heavy atom. The quantitative estimate of drug-likeness (QED) is 0.221. The summed E-state index contributed by atoms with van der Waals surface area (Å²) in [6, 6.07) is 24.4. The van der Waals surface area contributed by atoms with Crippen molar-refractivity contribution in [3.05, 3.63) is 119 Å². The Bertz CT molecular complexity index is 2060. The topological polar surface area (TPSA) is 150 Å². The van der Waals surface area contributed by atoms with Gasteiger partial charge in [0.25, 0.3) is 0 Å². The first-order valence-electron chi connectivity index (χ1n) is 13.9. The number of anilines is 1. The third-order valence-corrected chi connectivity index (χ3v) is 7.48. The van der Waals surface area contributed by atoms with Crippen LogP contribution in [0, 0.1) is 5.82 Å². The number of aromatic nitrogens is 4. The number of nitrogens with two attached hydrogens (primary N) is 2. The van der Waals surface area contributed by atoms with Gasteiger partial charge < -0.3 is 16.6 Å². The van der Waals surface area contributed by atoms with Gasteiger partial charge in [-0.05, 0) is 97.1 Å². The van der Waals surface area contributed by atoms with Crippen molar-refractivity contribution in [2.45, 2.75) is 19.3 Å². The molecule has 3 heterocycles. The minimum Gasteiger partial charge on any atom is -0.507 e. The van der Waals surface area contributed by atoms with Crippen LogP contribution in [0.2, 0.25) is 0 Å². The van der Waals surface area contributed by atoms with Gasteiger partial charge in [0.1, 0.15) is 22.9 Å². The summed E-state index contributed by atoms with van der Waals surface area (Å²) in [5, 5.41) is 9.03. The van der Waals surface area contributed by atoms with Crippen molar-refractivity contribution in [3.8, 4) is 34.1 Å². The maximum Gasteiger partial charge on any atom is 0.248 e. The van der Waals surface area contributed by atoms with E-state index < -0.39 is 5.91 Å². The fourth-order valence-corrected chi connectivity index (χ4v) is 5.30. The maximum atomic E-state index is 13.8. The summed E-state index contributed by atoms with van der Waals surface area (Å²) >= 11 is 0. The van der Waals surface area contributed by atoms with Crippen LogP contribution in [0.4, 0.5) is 10.2 Å². The molecule has 5 N–H and O–H groups in total. The number of hydrogen-bond acceptors (Lipinski definition) is 7. The molecule has 0 atom stereocenters. The first-order valence-corrected chi connectivity index (χ1v) is 13.9. The van der Waals surface area contributed by atoms with Gasteiger partial charge in [-0.1, -0.05) is 18.2 Å². The highest BCUT2D eigenvalue weighted by Crippen LogP contribution is 2.33. The van der Waals surface area contributed by atoms with Crippen molar-refractivity contribution in [1.82, 2.24) is 19.5 Å². The van der Waals surface area contributed by atoms with Gasteiger partial charge in [-0.15, -0.1) is 0 Å². The Hall–Kier alpha value is -5.90. The van der Waals surface area contributed by atoms with Crippen molar-refractivity contribution < 1.29 is 19.1 Å². The van der Waals surface area contributed by atoms with E-state index >= 15 is 0 Å². The number of fused-ring (bicyclic) bond motifs is 2. The largest absolute Gasteiger partial charge is 0.507 e. The van der Waals surface area contributed by atoms with Crippen molar-refractivity contribution in [2.24, 2.45) is 5.73 Å². The molecule has 0 spiro atoms. The maximum absolute atomic E-state index is 13.8. The van der Waals surface area contributed by atoms with E-state index in [-0.39, 0.29) is 22.7 Å². The van der Waals surface area contributed by atoms with Crippen molar-refractivity contribution in [3.63, 3.8) is 0 Å². The predicted octanol–water partition coefficient (Wildman–Crippen LogP) is 5.66. The number of benzene rings is 3. The predicted molar refractivity (Wildman–Crippen MR) is 166 cm³/mol. The van der Waals surface area contributed by atoms with Crippen LogP contribution in [0.1, 0.15) is 38.3 Å². The molecule has 0 radical (unpaired) electrons. The molecule has 10 heteroatoms. The standard InChI is InChI=1S/C26H20FN5.C8H7NO3/c27-19-7-2-6-18(14-19)22-11-12-23-26(30-22)32(20-10-9-16-4-1-5-17(16)15-20)25(31-23)21-8-3-13-29-24(21)28;9-8(12)5-1-2-7(11)6(3-5)4-10/h2-3,6-15H,1,4-5H2,(H2,28,29);1-4,11H,(H2,9,12). The molecule has 0 saturated carbocycles. The molecule has 0 aliphatic heterocycles. The van der Waals surface area contributed by atoms with Gasteiger partial charge in [0.05, 0.1) is 16.8 Å². The molecule has 0 saturated heterocycles. The number of amides is 1. The number of pyridine rings is 2. The number of phenols is 1. The second kappa shape index (κ2) is 11.8. The van der Waals surface area contributed by atoms with Crippen LogP contribution in [0.25, 0.3) is 39.5 Å². The smallest absolute Gasteiger partial charge is 0.248 e. The highest BCUT2D eigenvalue weighted by atomic mass is 19.1. The van der Waals surface area contributed by atoms with E-state index in [0.717, 1.165) is 35.2 Å². The second-order valence-corrected chi connectivity index (χ2v) is 10.3. The van der Waals surface area contributed by atoms with E-state index in [9.17, 15) is 14.0 Å². The Labute approximate surface area is 251 Å². The van der Waals surface area contributed by atoms with Gasteiger partial charge in [-0.3, -0.25) is 14.2 Å². The van der Waals surface area contributed by atoms with Crippen LogP contribution >= 0.6 is 0 Å². The number of aryl methyl sites for hydroxylation is 2. The molecule has 3 aromatic heterocycles. The molecule has 3 aromatic carbocycles. The number of imidazole rings is 1.